The standard InChI is InChI=1S/C20H37N5O7/c1-6-10(4)15(22)18(29)25-16(11(5)26)19(30)23-12(7-9(2)3)17(28)24-13(20(31)32)8-14(21)27/h9-13,15-16,26H,6-8,22H2,1-5H3,(H2,21,27)(H,23,30)(H,24,28)(H,25,29)(H,31,32). The first-order valence-corrected chi connectivity index (χ1v) is 10.6. The average Bonchev–Trinajstić information content (AvgIpc) is 2.68. The summed E-state index contributed by atoms with van der Waals surface area (Å²) in [5.74, 6) is -4.93. The van der Waals surface area contributed by atoms with Crippen molar-refractivity contribution in [3.63, 3.8) is 0 Å². The Hall–Kier alpha value is -2.73. The van der Waals surface area contributed by atoms with Gasteiger partial charge in [0.15, 0.2) is 0 Å². The van der Waals surface area contributed by atoms with Crippen molar-refractivity contribution in [2.45, 2.75) is 84.2 Å². The molecule has 0 aromatic rings. The van der Waals surface area contributed by atoms with Gasteiger partial charge >= 0.3 is 5.97 Å². The number of primary amides is 1. The van der Waals surface area contributed by atoms with E-state index in [4.69, 9.17) is 11.5 Å². The average molecular weight is 460 g/mol. The number of hydrogen-bond acceptors (Lipinski definition) is 7. The van der Waals surface area contributed by atoms with Gasteiger partial charge in [-0.15, -0.1) is 0 Å². The maximum Gasteiger partial charge on any atom is 0.326 e. The third-order valence-corrected chi connectivity index (χ3v) is 4.98. The molecule has 9 N–H and O–H groups in total. The van der Waals surface area contributed by atoms with Crippen LogP contribution < -0.4 is 27.4 Å². The Morgan fingerprint density at radius 1 is 0.875 bits per heavy atom. The summed E-state index contributed by atoms with van der Waals surface area (Å²) in [5.41, 5.74) is 10.9. The van der Waals surface area contributed by atoms with Crippen molar-refractivity contribution in [2.75, 3.05) is 0 Å². The van der Waals surface area contributed by atoms with Gasteiger partial charge in [0.1, 0.15) is 18.1 Å². The van der Waals surface area contributed by atoms with Crippen LogP contribution in [-0.2, 0) is 24.0 Å². The highest BCUT2D eigenvalue weighted by Crippen LogP contribution is 2.09. The Labute approximate surface area is 187 Å². The molecule has 0 aliphatic rings. The third kappa shape index (κ3) is 10.1. The molecule has 0 radical (unpaired) electrons. The van der Waals surface area contributed by atoms with Crippen molar-refractivity contribution in [2.24, 2.45) is 23.3 Å². The van der Waals surface area contributed by atoms with Crippen molar-refractivity contribution in [3.8, 4) is 0 Å². The number of carbonyl (C=O) groups excluding carboxylic acids is 4. The van der Waals surface area contributed by atoms with E-state index in [1.807, 2.05) is 6.92 Å². The van der Waals surface area contributed by atoms with E-state index in [-0.39, 0.29) is 18.3 Å². The van der Waals surface area contributed by atoms with Crippen LogP contribution in [0, 0.1) is 11.8 Å². The minimum atomic E-state index is -1.56. The molecule has 0 aromatic heterocycles. The van der Waals surface area contributed by atoms with Gasteiger partial charge in [0.25, 0.3) is 0 Å². The molecule has 32 heavy (non-hydrogen) atoms. The van der Waals surface area contributed by atoms with Gasteiger partial charge in [-0.2, -0.15) is 0 Å². The Kier molecular flexibility index (Phi) is 12.5. The second-order valence-electron chi connectivity index (χ2n) is 8.40. The highest BCUT2D eigenvalue weighted by atomic mass is 16.4. The van der Waals surface area contributed by atoms with Gasteiger partial charge in [0.2, 0.25) is 23.6 Å². The number of carboxylic acid groups (broad SMARTS) is 1. The lowest BCUT2D eigenvalue weighted by Crippen LogP contribution is -2.60. The van der Waals surface area contributed by atoms with Crippen LogP contribution in [0.1, 0.15) is 53.9 Å². The lowest BCUT2D eigenvalue weighted by Gasteiger charge is -2.27. The Morgan fingerprint density at radius 3 is 1.81 bits per heavy atom. The molecule has 0 fully saturated rings. The quantitative estimate of drug-likeness (QED) is 0.157. The number of aliphatic hydroxyl groups excluding tert-OH is 1. The van der Waals surface area contributed by atoms with Crippen molar-refractivity contribution >= 4 is 29.6 Å². The lowest BCUT2D eigenvalue weighted by molar-refractivity contribution is -0.144. The van der Waals surface area contributed by atoms with Crippen LogP contribution in [-0.4, -0.2) is 70.1 Å². The van der Waals surface area contributed by atoms with Crippen LogP contribution in [0.15, 0.2) is 0 Å². The van der Waals surface area contributed by atoms with Crippen molar-refractivity contribution < 1.29 is 34.2 Å². The van der Waals surface area contributed by atoms with Crippen LogP contribution >= 0.6 is 0 Å². The number of nitrogens with two attached hydrogens (primary N) is 2. The molecule has 6 atom stereocenters. The minimum Gasteiger partial charge on any atom is -0.480 e. The summed E-state index contributed by atoms with van der Waals surface area (Å²) < 4.78 is 0. The molecular formula is C20H37N5O7. The lowest BCUT2D eigenvalue weighted by atomic mass is 9.98. The predicted octanol–water partition coefficient (Wildman–Crippen LogP) is -1.80. The second kappa shape index (κ2) is 13.6. The summed E-state index contributed by atoms with van der Waals surface area (Å²) in [6, 6.07) is -5.03. The smallest absolute Gasteiger partial charge is 0.326 e. The second-order valence-corrected chi connectivity index (χ2v) is 8.40. The monoisotopic (exact) mass is 459 g/mol. The van der Waals surface area contributed by atoms with Gasteiger partial charge in [0, 0.05) is 0 Å². The first-order chi connectivity index (χ1) is 14.7. The van der Waals surface area contributed by atoms with E-state index >= 15 is 0 Å². The maximum absolute atomic E-state index is 12.8. The zero-order valence-electron chi connectivity index (χ0n) is 19.3. The molecule has 0 aliphatic heterocycles. The van der Waals surface area contributed by atoms with Crippen LogP contribution in [0.4, 0.5) is 0 Å². The first kappa shape index (κ1) is 29.3. The Bertz CT molecular complexity index is 683. The van der Waals surface area contributed by atoms with Gasteiger partial charge in [-0.3, -0.25) is 19.2 Å². The molecule has 0 rings (SSSR count). The molecule has 0 bridgehead atoms. The topological polar surface area (TPSA) is 214 Å². The fraction of sp³-hybridized carbons (Fsp3) is 0.750. The van der Waals surface area contributed by atoms with Crippen LogP contribution in [0.2, 0.25) is 0 Å². The molecular weight excluding hydrogens is 422 g/mol. The molecule has 0 heterocycles. The number of hydrogen-bond donors (Lipinski definition) is 7. The molecule has 0 saturated carbocycles. The van der Waals surface area contributed by atoms with Crippen LogP contribution in [0.3, 0.4) is 0 Å². The summed E-state index contributed by atoms with van der Waals surface area (Å²) >= 11 is 0. The largest absolute Gasteiger partial charge is 0.480 e. The van der Waals surface area contributed by atoms with E-state index in [1.165, 1.54) is 6.92 Å². The fourth-order valence-electron chi connectivity index (χ4n) is 2.81. The Balaban J connectivity index is 5.49. The Morgan fingerprint density at radius 2 is 1.41 bits per heavy atom. The summed E-state index contributed by atoms with van der Waals surface area (Å²) in [6.45, 7) is 8.49. The molecule has 12 nitrogen and oxygen atoms in total. The maximum atomic E-state index is 12.8. The number of rotatable bonds is 14. The van der Waals surface area contributed by atoms with Gasteiger partial charge < -0.3 is 37.6 Å². The van der Waals surface area contributed by atoms with E-state index in [1.54, 1.807) is 20.8 Å². The van der Waals surface area contributed by atoms with Gasteiger partial charge in [-0.25, -0.2) is 4.79 Å². The van der Waals surface area contributed by atoms with Gasteiger partial charge in [0.05, 0.1) is 18.6 Å². The van der Waals surface area contributed by atoms with Crippen LogP contribution in [0.25, 0.3) is 0 Å². The summed E-state index contributed by atoms with van der Waals surface area (Å²) in [4.78, 5) is 60.2. The van der Waals surface area contributed by atoms with Crippen molar-refractivity contribution in [1.82, 2.24) is 16.0 Å². The molecule has 0 spiro atoms. The molecule has 0 aromatic carbocycles. The summed E-state index contributed by atoms with van der Waals surface area (Å²) in [7, 11) is 0. The van der Waals surface area contributed by atoms with E-state index in [0.29, 0.717) is 6.42 Å². The molecule has 4 amide bonds. The summed E-state index contributed by atoms with van der Waals surface area (Å²) in [6.07, 6.45) is -1.16. The SMILES string of the molecule is CCC(C)C(N)C(=O)NC(C(=O)NC(CC(C)C)C(=O)NC(CC(N)=O)C(=O)O)C(C)O. The zero-order chi connectivity index (χ0) is 25.2. The van der Waals surface area contributed by atoms with Crippen LogP contribution in [0.5, 0.6) is 0 Å². The zero-order valence-corrected chi connectivity index (χ0v) is 19.3. The van der Waals surface area contributed by atoms with Gasteiger partial charge in [-0.05, 0) is 25.2 Å². The first-order valence-electron chi connectivity index (χ1n) is 10.6. The fourth-order valence-corrected chi connectivity index (χ4v) is 2.81. The predicted molar refractivity (Wildman–Crippen MR) is 116 cm³/mol. The molecule has 12 heteroatoms. The van der Waals surface area contributed by atoms with E-state index < -0.39 is 66.3 Å². The van der Waals surface area contributed by atoms with E-state index in [9.17, 15) is 34.2 Å². The molecule has 6 unspecified atom stereocenters. The van der Waals surface area contributed by atoms with Crippen molar-refractivity contribution in [3.05, 3.63) is 0 Å². The molecule has 0 aliphatic carbocycles. The highest BCUT2D eigenvalue weighted by Gasteiger charge is 2.33. The summed E-state index contributed by atoms with van der Waals surface area (Å²) in [5, 5.41) is 26.2. The van der Waals surface area contributed by atoms with Gasteiger partial charge in [-0.1, -0.05) is 34.1 Å². The number of amides is 4. The minimum absolute atomic E-state index is 0.0797. The number of carboxylic acids is 1. The number of aliphatic hydroxyl groups is 1. The normalized spacial score (nSPS) is 16.8. The number of aliphatic carboxylic acids is 1. The van der Waals surface area contributed by atoms with E-state index in [2.05, 4.69) is 16.0 Å². The third-order valence-electron chi connectivity index (χ3n) is 4.98. The molecule has 0 saturated heterocycles. The highest BCUT2D eigenvalue weighted by molar-refractivity contribution is 5.95. The van der Waals surface area contributed by atoms with Crippen molar-refractivity contribution in [1.29, 1.82) is 0 Å². The molecule has 184 valence electrons. The number of carbonyl (C=O) groups is 5. The van der Waals surface area contributed by atoms with E-state index in [0.717, 1.165) is 0 Å². The number of nitrogens with one attached hydrogen (secondary N) is 3.